The van der Waals surface area contributed by atoms with E-state index in [9.17, 15) is 0 Å². The van der Waals surface area contributed by atoms with Crippen LogP contribution in [0.1, 0.15) is 11.4 Å². The molecule has 0 saturated heterocycles. The predicted molar refractivity (Wildman–Crippen MR) is 78.5 cm³/mol. The van der Waals surface area contributed by atoms with E-state index in [0.717, 1.165) is 10.0 Å². The average Bonchev–Trinajstić information content (AvgIpc) is 2.36. The summed E-state index contributed by atoms with van der Waals surface area (Å²) < 4.78 is 6.51. The van der Waals surface area contributed by atoms with Crippen molar-refractivity contribution in [1.82, 2.24) is 9.97 Å². The van der Waals surface area contributed by atoms with Gasteiger partial charge in [-0.2, -0.15) is 4.98 Å². The number of rotatable bonds is 3. The topological polar surface area (TPSA) is 73.1 Å². The third-order valence-corrected chi connectivity index (χ3v) is 3.31. The summed E-state index contributed by atoms with van der Waals surface area (Å²) >= 11 is 9.28. The number of nitrogens with two attached hydrogens (primary N) is 1. The Morgan fingerprint density at radius 3 is 2.68 bits per heavy atom. The number of nitrogens with one attached hydrogen (secondary N) is 1. The van der Waals surface area contributed by atoms with Crippen molar-refractivity contribution >= 4 is 33.3 Å². The minimum Gasteiger partial charge on any atom is -0.437 e. The lowest BCUT2D eigenvalue weighted by Gasteiger charge is -2.12. The first-order valence-corrected chi connectivity index (χ1v) is 6.63. The molecule has 2 aromatic rings. The quantitative estimate of drug-likeness (QED) is 0.658. The molecule has 0 unspecified atom stereocenters. The number of halogens is 2. The molecule has 0 spiro atoms. The van der Waals surface area contributed by atoms with Gasteiger partial charge in [0, 0.05) is 5.02 Å². The molecule has 2 rings (SSSR count). The summed E-state index contributed by atoms with van der Waals surface area (Å²) in [5.41, 5.74) is 3.25. The molecular weight excluding hydrogens is 332 g/mol. The number of anilines is 1. The van der Waals surface area contributed by atoms with Crippen molar-refractivity contribution in [2.75, 3.05) is 5.43 Å². The van der Waals surface area contributed by atoms with Gasteiger partial charge in [-0.25, -0.2) is 10.8 Å². The van der Waals surface area contributed by atoms with Gasteiger partial charge in [0.2, 0.25) is 5.88 Å². The van der Waals surface area contributed by atoms with Gasteiger partial charge in [-0.05, 0) is 48.0 Å². The van der Waals surface area contributed by atoms with Crippen molar-refractivity contribution in [1.29, 1.82) is 0 Å². The van der Waals surface area contributed by atoms with Crippen molar-refractivity contribution in [3.63, 3.8) is 0 Å². The second-order valence-electron chi connectivity index (χ2n) is 3.87. The number of benzene rings is 1. The SMILES string of the molecule is Cc1nc(NN)c(C)c(Oc2ccc(Cl)cc2Br)n1. The van der Waals surface area contributed by atoms with E-state index in [1.807, 2.05) is 6.92 Å². The van der Waals surface area contributed by atoms with E-state index in [2.05, 4.69) is 31.3 Å². The average molecular weight is 344 g/mol. The zero-order valence-corrected chi connectivity index (χ0v) is 12.7. The number of hydrogen-bond acceptors (Lipinski definition) is 5. The van der Waals surface area contributed by atoms with E-state index in [1.54, 1.807) is 25.1 Å². The Hall–Kier alpha value is -1.37. The molecule has 0 atom stereocenters. The van der Waals surface area contributed by atoms with Gasteiger partial charge in [-0.3, -0.25) is 0 Å². The Morgan fingerprint density at radius 2 is 2.05 bits per heavy atom. The number of nitrogens with zero attached hydrogens (tertiary/aromatic N) is 2. The van der Waals surface area contributed by atoms with Gasteiger partial charge in [0.1, 0.15) is 17.4 Å². The van der Waals surface area contributed by atoms with Crippen LogP contribution in [0.4, 0.5) is 5.82 Å². The molecule has 3 N–H and O–H groups in total. The molecule has 1 aromatic carbocycles. The van der Waals surface area contributed by atoms with Crippen molar-refractivity contribution in [2.24, 2.45) is 5.84 Å². The largest absolute Gasteiger partial charge is 0.437 e. The Balaban J connectivity index is 2.40. The molecule has 19 heavy (non-hydrogen) atoms. The van der Waals surface area contributed by atoms with Crippen LogP contribution in [0.3, 0.4) is 0 Å². The fraction of sp³-hybridized carbons (Fsp3) is 0.167. The van der Waals surface area contributed by atoms with Crippen LogP contribution >= 0.6 is 27.5 Å². The van der Waals surface area contributed by atoms with Gasteiger partial charge in [0.25, 0.3) is 0 Å². The highest BCUT2D eigenvalue weighted by molar-refractivity contribution is 9.10. The molecule has 5 nitrogen and oxygen atoms in total. The Labute approximate surface area is 124 Å². The van der Waals surface area contributed by atoms with Crippen molar-refractivity contribution in [3.8, 4) is 11.6 Å². The summed E-state index contributed by atoms with van der Waals surface area (Å²) in [6.07, 6.45) is 0. The highest BCUT2D eigenvalue weighted by atomic mass is 79.9. The molecule has 0 fully saturated rings. The Bertz CT molecular complexity index is 621. The lowest BCUT2D eigenvalue weighted by Crippen LogP contribution is -2.12. The van der Waals surface area contributed by atoms with Crippen LogP contribution in [0.5, 0.6) is 11.6 Å². The summed E-state index contributed by atoms with van der Waals surface area (Å²) in [4.78, 5) is 8.43. The molecule has 1 heterocycles. The van der Waals surface area contributed by atoms with Crippen molar-refractivity contribution < 1.29 is 4.74 Å². The molecule has 0 bridgehead atoms. The van der Waals surface area contributed by atoms with Crippen LogP contribution in [-0.4, -0.2) is 9.97 Å². The molecule has 0 aliphatic carbocycles. The highest BCUT2D eigenvalue weighted by Crippen LogP contribution is 2.33. The van der Waals surface area contributed by atoms with Crippen LogP contribution in [0.15, 0.2) is 22.7 Å². The molecule has 0 aliphatic heterocycles. The minimum absolute atomic E-state index is 0.448. The molecule has 0 aliphatic rings. The number of hydrogen-bond donors (Lipinski definition) is 2. The zero-order valence-electron chi connectivity index (χ0n) is 10.4. The lowest BCUT2D eigenvalue weighted by atomic mass is 10.3. The number of aromatic nitrogens is 2. The molecule has 1 aromatic heterocycles. The molecule has 0 radical (unpaired) electrons. The minimum atomic E-state index is 0.448. The van der Waals surface area contributed by atoms with Gasteiger partial charge in [0.05, 0.1) is 10.0 Å². The number of ether oxygens (including phenoxy) is 1. The standard InChI is InChI=1S/C12H12BrClN4O/c1-6-11(18-15)16-7(2)17-12(6)19-10-4-3-8(14)5-9(10)13/h3-5H,15H2,1-2H3,(H,16,17,18). The van der Waals surface area contributed by atoms with Gasteiger partial charge in [0.15, 0.2) is 0 Å². The second-order valence-corrected chi connectivity index (χ2v) is 5.16. The third-order valence-electron chi connectivity index (χ3n) is 2.45. The van der Waals surface area contributed by atoms with E-state index in [4.69, 9.17) is 22.2 Å². The predicted octanol–water partition coefficient (Wildman–Crippen LogP) is 3.59. The fourth-order valence-corrected chi connectivity index (χ4v) is 2.27. The smallest absolute Gasteiger partial charge is 0.227 e. The van der Waals surface area contributed by atoms with E-state index < -0.39 is 0 Å². The van der Waals surface area contributed by atoms with E-state index in [-0.39, 0.29) is 0 Å². The maximum absolute atomic E-state index is 5.89. The van der Waals surface area contributed by atoms with Crippen LogP contribution in [-0.2, 0) is 0 Å². The third kappa shape index (κ3) is 3.15. The lowest BCUT2D eigenvalue weighted by molar-refractivity contribution is 0.453. The molecule has 7 heteroatoms. The fourth-order valence-electron chi connectivity index (χ4n) is 1.50. The number of hydrazine groups is 1. The van der Waals surface area contributed by atoms with E-state index in [0.29, 0.717) is 28.3 Å². The zero-order chi connectivity index (χ0) is 14.0. The monoisotopic (exact) mass is 342 g/mol. The summed E-state index contributed by atoms with van der Waals surface area (Å²) in [7, 11) is 0. The Kier molecular flexibility index (Phi) is 4.24. The maximum atomic E-state index is 5.89. The summed E-state index contributed by atoms with van der Waals surface area (Å²) in [5, 5.41) is 0.624. The van der Waals surface area contributed by atoms with Crippen LogP contribution in [0.2, 0.25) is 5.02 Å². The van der Waals surface area contributed by atoms with Crippen molar-refractivity contribution in [3.05, 3.63) is 39.1 Å². The first-order chi connectivity index (χ1) is 9.01. The summed E-state index contributed by atoms with van der Waals surface area (Å²) in [6.45, 7) is 3.60. The first kappa shape index (κ1) is 14.0. The second kappa shape index (κ2) is 5.73. The van der Waals surface area contributed by atoms with Gasteiger partial charge >= 0.3 is 0 Å². The molecule has 0 amide bonds. The Morgan fingerprint density at radius 1 is 1.32 bits per heavy atom. The van der Waals surface area contributed by atoms with Gasteiger partial charge < -0.3 is 10.2 Å². The first-order valence-electron chi connectivity index (χ1n) is 5.46. The summed E-state index contributed by atoms with van der Waals surface area (Å²) in [6, 6.07) is 5.26. The van der Waals surface area contributed by atoms with Crippen LogP contribution < -0.4 is 16.0 Å². The van der Waals surface area contributed by atoms with Gasteiger partial charge in [-0.1, -0.05) is 11.6 Å². The van der Waals surface area contributed by atoms with Crippen LogP contribution in [0.25, 0.3) is 0 Å². The summed E-state index contributed by atoms with van der Waals surface area (Å²) in [5.74, 6) is 7.58. The van der Waals surface area contributed by atoms with Crippen molar-refractivity contribution in [2.45, 2.75) is 13.8 Å². The van der Waals surface area contributed by atoms with Gasteiger partial charge in [-0.15, -0.1) is 0 Å². The molecule has 100 valence electrons. The number of nitrogen functional groups attached to an aromatic ring is 1. The van der Waals surface area contributed by atoms with Crippen LogP contribution in [0, 0.1) is 13.8 Å². The maximum Gasteiger partial charge on any atom is 0.227 e. The normalized spacial score (nSPS) is 10.4. The molecular formula is C12H12BrClN4O. The number of aryl methyl sites for hydroxylation is 1. The van der Waals surface area contributed by atoms with E-state index in [1.165, 1.54) is 0 Å². The van der Waals surface area contributed by atoms with E-state index >= 15 is 0 Å². The highest BCUT2D eigenvalue weighted by Gasteiger charge is 2.12. The molecule has 0 saturated carbocycles.